The van der Waals surface area contributed by atoms with Crippen LogP contribution >= 0.6 is 11.3 Å². The van der Waals surface area contributed by atoms with Crippen LogP contribution in [0.2, 0.25) is 0 Å². The van der Waals surface area contributed by atoms with Crippen LogP contribution in [0.3, 0.4) is 0 Å². The summed E-state index contributed by atoms with van der Waals surface area (Å²) in [6.45, 7) is 1.04. The summed E-state index contributed by atoms with van der Waals surface area (Å²) in [5.41, 5.74) is 1.04. The van der Waals surface area contributed by atoms with Crippen LogP contribution < -0.4 is 5.32 Å². The summed E-state index contributed by atoms with van der Waals surface area (Å²) < 4.78 is 5.31. The molecular weight excluding hydrogens is 222 g/mol. The molecule has 1 aliphatic heterocycles. The van der Waals surface area contributed by atoms with E-state index < -0.39 is 0 Å². The number of aromatic nitrogens is 2. The second-order valence-electron chi connectivity index (χ2n) is 3.97. The maximum absolute atomic E-state index is 5.31. The average molecular weight is 235 g/mol. The number of nitrogens with one attached hydrogen (secondary N) is 1. The van der Waals surface area contributed by atoms with Gasteiger partial charge < -0.3 is 9.84 Å². The lowest BCUT2D eigenvalue weighted by molar-refractivity contribution is 0.297. The van der Waals surface area contributed by atoms with Gasteiger partial charge in [-0.2, -0.15) is 16.3 Å². The normalized spacial score (nSPS) is 21.1. The highest BCUT2D eigenvalue weighted by Crippen LogP contribution is 2.24. The zero-order valence-electron chi connectivity index (χ0n) is 8.85. The van der Waals surface area contributed by atoms with Gasteiger partial charge in [-0.1, -0.05) is 11.6 Å². The molecule has 0 saturated carbocycles. The molecule has 1 atom stereocenters. The highest BCUT2D eigenvalue weighted by molar-refractivity contribution is 7.08. The van der Waals surface area contributed by atoms with Gasteiger partial charge in [0.25, 0.3) is 0 Å². The smallest absolute Gasteiger partial charge is 0.244 e. The summed E-state index contributed by atoms with van der Waals surface area (Å²) in [4.78, 5) is 4.44. The lowest BCUT2D eigenvalue weighted by atomic mass is 10.1. The van der Waals surface area contributed by atoms with Crippen molar-refractivity contribution in [2.75, 3.05) is 6.54 Å². The number of hydrogen-bond acceptors (Lipinski definition) is 5. The van der Waals surface area contributed by atoms with E-state index in [2.05, 4.69) is 15.5 Å². The molecular formula is C11H13N3OS. The Hall–Kier alpha value is -1.20. The predicted molar refractivity (Wildman–Crippen MR) is 62.2 cm³/mol. The molecule has 16 heavy (non-hydrogen) atoms. The standard InChI is InChI=1S/C11H13N3OS/c1-2-5-12-9(3-1)11-13-10(14-15-11)8-4-6-16-7-8/h4,6-7,9,12H,1-3,5H2. The third-order valence-electron chi connectivity index (χ3n) is 2.83. The molecule has 84 valence electrons. The van der Waals surface area contributed by atoms with E-state index in [0.29, 0.717) is 5.82 Å². The van der Waals surface area contributed by atoms with Crippen molar-refractivity contribution in [1.82, 2.24) is 15.5 Å². The molecule has 0 aromatic carbocycles. The third kappa shape index (κ3) is 1.88. The van der Waals surface area contributed by atoms with Crippen molar-refractivity contribution < 1.29 is 4.52 Å². The predicted octanol–water partition coefficient (Wildman–Crippen LogP) is 2.61. The van der Waals surface area contributed by atoms with Crippen LogP contribution in [0.25, 0.3) is 11.4 Å². The minimum absolute atomic E-state index is 0.244. The van der Waals surface area contributed by atoms with E-state index in [1.807, 2.05) is 16.8 Å². The SMILES string of the molecule is c1cc(-c2noc(C3CCCCN3)n2)cs1. The molecule has 2 aromatic heterocycles. The minimum atomic E-state index is 0.244. The van der Waals surface area contributed by atoms with Crippen molar-refractivity contribution in [1.29, 1.82) is 0 Å². The summed E-state index contributed by atoms with van der Waals surface area (Å²) in [7, 11) is 0. The van der Waals surface area contributed by atoms with Gasteiger partial charge in [0.1, 0.15) is 0 Å². The van der Waals surface area contributed by atoms with Gasteiger partial charge in [-0.3, -0.25) is 0 Å². The van der Waals surface area contributed by atoms with E-state index in [9.17, 15) is 0 Å². The van der Waals surface area contributed by atoms with Crippen molar-refractivity contribution in [3.63, 3.8) is 0 Å². The lowest BCUT2D eigenvalue weighted by Crippen LogP contribution is -2.26. The number of piperidine rings is 1. The van der Waals surface area contributed by atoms with Gasteiger partial charge in [0.05, 0.1) is 6.04 Å². The Bertz CT molecular complexity index is 446. The summed E-state index contributed by atoms with van der Waals surface area (Å²) in [5.74, 6) is 1.42. The third-order valence-corrected chi connectivity index (χ3v) is 3.51. The molecule has 1 saturated heterocycles. The first-order chi connectivity index (χ1) is 7.93. The van der Waals surface area contributed by atoms with Crippen LogP contribution in [0.5, 0.6) is 0 Å². The summed E-state index contributed by atoms with van der Waals surface area (Å²) in [6.07, 6.45) is 3.56. The quantitative estimate of drug-likeness (QED) is 0.869. The number of nitrogens with zero attached hydrogens (tertiary/aromatic N) is 2. The van der Waals surface area contributed by atoms with Gasteiger partial charge in [-0.25, -0.2) is 0 Å². The van der Waals surface area contributed by atoms with Gasteiger partial charge in [-0.05, 0) is 30.8 Å². The molecule has 0 aliphatic carbocycles. The van der Waals surface area contributed by atoms with Crippen LogP contribution in [0.4, 0.5) is 0 Å². The van der Waals surface area contributed by atoms with E-state index in [4.69, 9.17) is 4.52 Å². The molecule has 4 nitrogen and oxygen atoms in total. The highest BCUT2D eigenvalue weighted by Gasteiger charge is 2.21. The molecule has 3 heterocycles. The highest BCUT2D eigenvalue weighted by atomic mass is 32.1. The molecule has 1 unspecified atom stereocenters. The molecule has 1 fully saturated rings. The fourth-order valence-electron chi connectivity index (χ4n) is 1.95. The monoisotopic (exact) mass is 235 g/mol. The molecule has 0 radical (unpaired) electrons. The van der Waals surface area contributed by atoms with Crippen molar-refractivity contribution in [2.45, 2.75) is 25.3 Å². The Kier molecular flexibility index (Phi) is 2.71. The molecule has 0 bridgehead atoms. The number of rotatable bonds is 2. The van der Waals surface area contributed by atoms with Crippen LogP contribution in [0.15, 0.2) is 21.3 Å². The Labute approximate surface area is 97.7 Å². The Balaban J connectivity index is 1.82. The van der Waals surface area contributed by atoms with E-state index in [0.717, 1.165) is 24.4 Å². The van der Waals surface area contributed by atoms with Crippen molar-refractivity contribution in [2.24, 2.45) is 0 Å². The zero-order chi connectivity index (χ0) is 10.8. The molecule has 5 heteroatoms. The minimum Gasteiger partial charge on any atom is -0.337 e. The van der Waals surface area contributed by atoms with Gasteiger partial charge in [0, 0.05) is 10.9 Å². The summed E-state index contributed by atoms with van der Waals surface area (Å²) in [5, 5.41) is 11.5. The second-order valence-corrected chi connectivity index (χ2v) is 4.75. The first-order valence-corrected chi connectivity index (χ1v) is 6.47. The average Bonchev–Trinajstić information content (AvgIpc) is 3.01. The van der Waals surface area contributed by atoms with E-state index in [-0.39, 0.29) is 6.04 Å². The first kappa shape index (κ1) is 9.99. The molecule has 0 amide bonds. The fourth-order valence-corrected chi connectivity index (χ4v) is 2.58. The maximum Gasteiger partial charge on any atom is 0.244 e. The Morgan fingerprint density at radius 2 is 2.44 bits per heavy atom. The molecule has 1 aliphatic rings. The number of thiophene rings is 1. The molecule has 3 rings (SSSR count). The van der Waals surface area contributed by atoms with Crippen LogP contribution in [-0.2, 0) is 0 Å². The Morgan fingerprint density at radius 1 is 1.44 bits per heavy atom. The number of hydrogen-bond donors (Lipinski definition) is 1. The zero-order valence-corrected chi connectivity index (χ0v) is 9.67. The van der Waals surface area contributed by atoms with E-state index >= 15 is 0 Å². The topological polar surface area (TPSA) is 51.0 Å². The summed E-state index contributed by atoms with van der Waals surface area (Å²) in [6, 6.07) is 2.25. The van der Waals surface area contributed by atoms with Gasteiger partial charge in [-0.15, -0.1) is 0 Å². The fraction of sp³-hybridized carbons (Fsp3) is 0.455. The molecule has 1 N–H and O–H groups in total. The Morgan fingerprint density at radius 3 is 3.19 bits per heavy atom. The van der Waals surface area contributed by atoms with Gasteiger partial charge in [0.15, 0.2) is 0 Å². The summed E-state index contributed by atoms with van der Waals surface area (Å²) >= 11 is 1.64. The lowest BCUT2D eigenvalue weighted by Gasteiger charge is -2.19. The van der Waals surface area contributed by atoms with E-state index in [1.54, 1.807) is 11.3 Å². The van der Waals surface area contributed by atoms with Crippen molar-refractivity contribution in [3.8, 4) is 11.4 Å². The first-order valence-electron chi connectivity index (χ1n) is 5.53. The molecule has 2 aromatic rings. The maximum atomic E-state index is 5.31. The van der Waals surface area contributed by atoms with Crippen LogP contribution in [0, 0.1) is 0 Å². The van der Waals surface area contributed by atoms with Gasteiger partial charge >= 0.3 is 0 Å². The molecule has 0 spiro atoms. The van der Waals surface area contributed by atoms with Crippen molar-refractivity contribution in [3.05, 3.63) is 22.7 Å². The van der Waals surface area contributed by atoms with Gasteiger partial charge in [0.2, 0.25) is 11.7 Å². The largest absolute Gasteiger partial charge is 0.337 e. The second kappa shape index (κ2) is 4.35. The van der Waals surface area contributed by atoms with Crippen LogP contribution in [-0.4, -0.2) is 16.7 Å². The van der Waals surface area contributed by atoms with E-state index in [1.165, 1.54) is 12.8 Å². The van der Waals surface area contributed by atoms with Crippen molar-refractivity contribution >= 4 is 11.3 Å². The van der Waals surface area contributed by atoms with Crippen LogP contribution in [0.1, 0.15) is 31.2 Å².